The Morgan fingerprint density at radius 2 is 0.923 bits per heavy atom. The lowest BCUT2D eigenvalue weighted by Gasteiger charge is -2.59. The van der Waals surface area contributed by atoms with Gasteiger partial charge in [-0.05, 0) is 40.4 Å². The highest BCUT2D eigenvalue weighted by molar-refractivity contribution is 7.80. The van der Waals surface area contributed by atoms with Crippen molar-refractivity contribution in [1.82, 2.24) is 4.81 Å². The molecule has 1 aliphatic heterocycles. The Kier molecular flexibility index (Phi) is 5.64. The highest BCUT2D eigenvalue weighted by Gasteiger charge is 2.78. The molecule has 1 heterocycles. The second kappa shape index (κ2) is 9.22. The number of allylic oxidation sites excluding steroid dienone is 1. The van der Waals surface area contributed by atoms with Gasteiger partial charge in [0, 0.05) is 5.31 Å². The first-order chi connectivity index (χ1) is 19.2. The fourth-order valence-electron chi connectivity index (χ4n) is 7.45. The Morgan fingerprint density at radius 1 is 0.513 bits per heavy atom. The number of rotatable bonds is 5. The van der Waals surface area contributed by atoms with Gasteiger partial charge in [0.25, 0.3) is 0 Å². The van der Waals surface area contributed by atoms with Crippen molar-refractivity contribution in [2.24, 2.45) is 0 Å². The van der Waals surface area contributed by atoms with Crippen molar-refractivity contribution < 1.29 is 0 Å². The van der Waals surface area contributed by atoms with Crippen LogP contribution in [0.5, 0.6) is 0 Å². The Hall–Kier alpha value is -4.21. The Morgan fingerprint density at radius 3 is 1.44 bits per heavy atom. The lowest BCUT2D eigenvalue weighted by molar-refractivity contribution is 0.563. The zero-order valence-electron chi connectivity index (χ0n) is 21.9. The lowest BCUT2D eigenvalue weighted by atomic mass is 9.23. The van der Waals surface area contributed by atoms with Crippen LogP contribution < -0.4 is 5.46 Å². The van der Waals surface area contributed by atoms with E-state index < -0.39 is 10.7 Å². The average Bonchev–Trinajstić information content (AvgIpc) is 3.17. The fraction of sp³-hybridized carbons (Fsp3) is 0.0833. The van der Waals surface area contributed by atoms with Crippen LogP contribution in [0.1, 0.15) is 22.3 Å². The van der Waals surface area contributed by atoms with E-state index in [1.54, 1.807) is 0 Å². The number of nitrogens with zero attached hydrogens (tertiary/aromatic N) is 1. The van der Waals surface area contributed by atoms with Crippen LogP contribution in [0.15, 0.2) is 152 Å². The van der Waals surface area contributed by atoms with E-state index in [0.29, 0.717) is 0 Å². The van der Waals surface area contributed by atoms with Crippen LogP contribution in [0.4, 0.5) is 0 Å². The van der Waals surface area contributed by atoms with Crippen molar-refractivity contribution >= 4 is 40.7 Å². The summed E-state index contributed by atoms with van der Waals surface area (Å²) in [5.74, 6) is 0. The second-order valence-corrected chi connectivity index (χ2v) is 10.9. The van der Waals surface area contributed by atoms with Gasteiger partial charge in [-0.1, -0.05) is 169 Å². The largest absolute Gasteiger partial charge is 0.406 e. The highest BCUT2D eigenvalue weighted by atomic mass is 32.1. The highest BCUT2D eigenvalue weighted by Crippen LogP contribution is 2.73. The number of hydrogen-bond acceptors (Lipinski definition) is 1. The van der Waals surface area contributed by atoms with Crippen LogP contribution >= 0.6 is 12.2 Å². The smallest absolute Gasteiger partial charge is 0.306 e. The molecule has 1 saturated heterocycles. The first-order valence-electron chi connectivity index (χ1n) is 13.5. The third kappa shape index (κ3) is 3.11. The third-order valence-corrected chi connectivity index (χ3v) is 9.32. The normalized spacial score (nSPS) is 22.0. The number of hydrogen-bond donors (Lipinski definition) is 0. The van der Waals surface area contributed by atoms with Gasteiger partial charge in [-0.15, -0.1) is 0 Å². The van der Waals surface area contributed by atoms with E-state index in [0.717, 1.165) is 4.99 Å². The first-order valence-corrected chi connectivity index (χ1v) is 13.9. The standard InChI is InChI=1S/C36H28BNS/c1-38-34(39)35(29-21-11-4-12-22-29)32(27-17-7-2-8-18-27)33(28-19-9-3-10-20-28)36(35,30-23-13-5-14-24-30)37(38)31-25-15-6-16-26-31/h2-26H,1H3/t35-,36-/m0/s1. The van der Waals surface area contributed by atoms with Gasteiger partial charge >= 0.3 is 6.85 Å². The molecule has 0 aromatic heterocycles. The Balaban J connectivity index is 1.72. The maximum atomic E-state index is 6.61. The van der Waals surface area contributed by atoms with E-state index in [2.05, 4.69) is 164 Å². The molecule has 5 aromatic rings. The van der Waals surface area contributed by atoms with E-state index in [1.165, 1.54) is 38.9 Å². The fourth-order valence-corrected chi connectivity index (χ4v) is 7.94. The van der Waals surface area contributed by atoms with Gasteiger partial charge in [0.2, 0.25) is 0 Å². The van der Waals surface area contributed by atoms with E-state index in [1.807, 2.05) is 0 Å². The van der Waals surface area contributed by atoms with Crippen molar-refractivity contribution in [2.45, 2.75) is 10.7 Å². The maximum Gasteiger partial charge on any atom is 0.306 e. The summed E-state index contributed by atoms with van der Waals surface area (Å²) in [5.41, 5.74) is 8.37. The molecule has 0 bridgehead atoms. The van der Waals surface area contributed by atoms with E-state index >= 15 is 0 Å². The van der Waals surface area contributed by atoms with E-state index in [9.17, 15) is 0 Å². The first kappa shape index (κ1) is 23.9. The predicted octanol–water partition coefficient (Wildman–Crippen LogP) is 7.20. The molecule has 7 rings (SSSR count). The number of likely N-dealkylation sites (N-methyl/N-ethyl adjacent to an activating group) is 1. The minimum absolute atomic E-state index is 0.0106. The van der Waals surface area contributed by atoms with Gasteiger partial charge in [0.15, 0.2) is 0 Å². The minimum atomic E-state index is -0.535. The molecule has 3 heteroatoms. The van der Waals surface area contributed by atoms with Crippen LogP contribution in [0, 0.1) is 0 Å². The molecule has 0 radical (unpaired) electrons. The summed E-state index contributed by atoms with van der Waals surface area (Å²) in [7, 11) is 2.19. The molecule has 2 aliphatic rings. The molecule has 0 saturated carbocycles. The molecule has 0 unspecified atom stereocenters. The average molecular weight is 518 g/mol. The molecule has 1 fully saturated rings. The summed E-state index contributed by atoms with van der Waals surface area (Å²) in [5, 5.41) is -0.449. The van der Waals surface area contributed by atoms with Crippen LogP contribution in [-0.4, -0.2) is 23.7 Å². The van der Waals surface area contributed by atoms with Gasteiger partial charge in [-0.2, -0.15) is 0 Å². The van der Waals surface area contributed by atoms with Crippen molar-refractivity contribution in [3.8, 4) is 0 Å². The maximum absolute atomic E-state index is 6.61. The Labute approximate surface area is 236 Å². The van der Waals surface area contributed by atoms with Gasteiger partial charge in [0.05, 0.1) is 10.4 Å². The summed E-state index contributed by atoms with van der Waals surface area (Å²) in [6, 6.07) is 54.8. The molecule has 0 N–H and O–H groups in total. The topological polar surface area (TPSA) is 3.24 Å². The number of thiocarbonyl (C=S) groups is 1. The lowest BCUT2D eigenvalue weighted by Crippen LogP contribution is -2.66. The molecule has 1 nitrogen and oxygen atoms in total. The minimum Gasteiger partial charge on any atom is -0.406 e. The van der Waals surface area contributed by atoms with Crippen LogP contribution in [0.3, 0.4) is 0 Å². The summed E-state index contributed by atoms with van der Waals surface area (Å²) < 4.78 is 0. The monoisotopic (exact) mass is 517 g/mol. The Bertz CT molecular complexity index is 1670. The SMILES string of the molecule is CN1B(c2ccccc2)[C@@]2(c3ccccc3)C(c3ccccc3)=C(c3ccccc3)[C@@]2(c2ccccc2)C1=S. The van der Waals surface area contributed by atoms with Gasteiger partial charge in [-0.25, -0.2) is 0 Å². The van der Waals surface area contributed by atoms with Crippen LogP contribution in [0.25, 0.3) is 11.1 Å². The molecule has 0 spiro atoms. The van der Waals surface area contributed by atoms with Crippen molar-refractivity contribution in [1.29, 1.82) is 0 Å². The zero-order chi connectivity index (χ0) is 26.5. The molecular formula is C36H28BNS. The van der Waals surface area contributed by atoms with Crippen molar-refractivity contribution in [2.75, 3.05) is 7.05 Å². The quantitative estimate of drug-likeness (QED) is 0.179. The molecular weight excluding hydrogens is 489 g/mol. The molecule has 5 aromatic carbocycles. The summed E-state index contributed by atoms with van der Waals surface area (Å²) in [6.07, 6.45) is 0. The van der Waals surface area contributed by atoms with Crippen molar-refractivity contribution in [3.05, 3.63) is 174 Å². The third-order valence-electron chi connectivity index (χ3n) is 8.73. The summed E-state index contributed by atoms with van der Waals surface area (Å²) in [6.45, 7) is 0.0106. The zero-order valence-corrected chi connectivity index (χ0v) is 22.7. The number of benzene rings is 5. The molecule has 0 amide bonds. The van der Waals surface area contributed by atoms with Crippen LogP contribution in [-0.2, 0) is 10.7 Å². The molecule has 39 heavy (non-hydrogen) atoms. The van der Waals surface area contributed by atoms with Gasteiger partial charge in [-0.3, -0.25) is 0 Å². The molecule has 2 atom stereocenters. The van der Waals surface area contributed by atoms with Gasteiger partial charge < -0.3 is 4.81 Å². The summed E-state index contributed by atoms with van der Waals surface area (Å²) in [4.78, 5) is 3.34. The van der Waals surface area contributed by atoms with Gasteiger partial charge in [0.1, 0.15) is 0 Å². The summed E-state index contributed by atoms with van der Waals surface area (Å²) >= 11 is 6.61. The number of fused-ring (bicyclic) bond motifs is 1. The van der Waals surface area contributed by atoms with Crippen LogP contribution in [0.2, 0.25) is 0 Å². The van der Waals surface area contributed by atoms with E-state index in [-0.39, 0.29) is 6.85 Å². The molecule has 186 valence electrons. The molecule has 1 aliphatic carbocycles. The van der Waals surface area contributed by atoms with E-state index in [4.69, 9.17) is 12.2 Å². The predicted molar refractivity (Wildman–Crippen MR) is 168 cm³/mol. The van der Waals surface area contributed by atoms with Crippen molar-refractivity contribution in [3.63, 3.8) is 0 Å². The second-order valence-electron chi connectivity index (χ2n) is 10.5.